The number of halogens is 1. The number of carbonyl (C=O) groups is 3. The zero-order chi connectivity index (χ0) is 24.8. The number of imide groups is 1. The molecule has 0 saturated carbocycles. The number of hydrogen-bond donors (Lipinski definition) is 1. The minimum absolute atomic E-state index is 0.223. The first-order valence-corrected chi connectivity index (χ1v) is 13.0. The standard InChI is InChI=1S/C26H21ClN2O4S2/c1-34-20-10-6-9-19(14-20)28-24(30)15-29-25(31)23(35-26(29)32)13-17-7-3-5-12-22(17)33-16-18-8-2-4-11-21(18)27/h2-14H,15-16H2,1H3,(H,28,30)/b23-13+. The summed E-state index contributed by atoms with van der Waals surface area (Å²) in [5, 5.41) is 2.84. The second-order valence-corrected chi connectivity index (χ2v) is 9.75. The second kappa shape index (κ2) is 11.5. The Bertz CT molecular complexity index is 1310. The van der Waals surface area contributed by atoms with Crippen LogP contribution in [0.15, 0.2) is 82.6 Å². The van der Waals surface area contributed by atoms with E-state index < -0.39 is 17.1 Å². The Balaban J connectivity index is 1.45. The third-order valence-electron chi connectivity index (χ3n) is 5.08. The van der Waals surface area contributed by atoms with Crippen LogP contribution in [-0.4, -0.2) is 34.8 Å². The van der Waals surface area contributed by atoms with Crippen LogP contribution in [0.3, 0.4) is 0 Å². The highest BCUT2D eigenvalue weighted by molar-refractivity contribution is 8.18. The Morgan fingerprint density at radius 1 is 1.09 bits per heavy atom. The van der Waals surface area contributed by atoms with E-state index in [1.165, 1.54) is 0 Å². The van der Waals surface area contributed by atoms with Gasteiger partial charge in [0.15, 0.2) is 0 Å². The first-order valence-electron chi connectivity index (χ1n) is 10.6. The van der Waals surface area contributed by atoms with Crippen LogP contribution in [0.4, 0.5) is 10.5 Å². The lowest BCUT2D eigenvalue weighted by Crippen LogP contribution is -2.36. The molecule has 1 heterocycles. The van der Waals surface area contributed by atoms with Crippen LogP contribution in [0, 0.1) is 0 Å². The number of carbonyl (C=O) groups excluding carboxylic acids is 3. The average molecular weight is 525 g/mol. The van der Waals surface area contributed by atoms with E-state index in [0.29, 0.717) is 22.0 Å². The van der Waals surface area contributed by atoms with Gasteiger partial charge in [-0.2, -0.15) is 0 Å². The molecule has 3 aromatic rings. The molecule has 0 spiro atoms. The molecule has 1 aliphatic heterocycles. The van der Waals surface area contributed by atoms with E-state index in [9.17, 15) is 14.4 Å². The molecule has 0 aromatic heterocycles. The summed E-state index contributed by atoms with van der Waals surface area (Å²) in [7, 11) is 0. The van der Waals surface area contributed by atoms with E-state index in [-0.39, 0.29) is 18.1 Å². The lowest BCUT2D eigenvalue weighted by atomic mass is 10.1. The highest BCUT2D eigenvalue weighted by atomic mass is 35.5. The molecule has 0 bridgehead atoms. The summed E-state index contributed by atoms with van der Waals surface area (Å²) < 4.78 is 5.94. The second-order valence-electron chi connectivity index (χ2n) is 7.47. The van der Waals surface area contributed by atoms with Gasteiger partial charge in [-0.05, 0) is 54.4 Å². The van der Waals surface area contributed by atoms with Gasteiger partial charge in [0.25, 0.3) is 11.1 Å². The van der Waals surface area contributed by atoms with Gasteiger partial charge in [-0.15, -0.1) is 11.8 Å². The fraction of sp³-hybridized carbons (Fsp3) is 0.115. The molecule has 0 unspecified atom stereocenters. The van der Waals surface area contributed by atoms with Crippen molar-refractivity contribution in [2.45, 2.75) is 11.5 Å². The Kier molecular flexibility index (Phi) is 8.17. The number of para-hydroxylation sites is 1. The summed E-state index contributed by atoms with van der Waals surface area (Å²) in [6.45, 7) is -0.111. The van der Waals surface area contributed by atoms with E-state index >= 15 is 0 Å². The van der Waals surface area contributed by atoms with Crippen LogP contribution in [0.5, 0.6) is 5.75 Å². The topological polar surface area (TPSA) is 75.7 Å². The van der Waals surface area contributed by atoms with Gasteiger partial charge in [-0.25, -0.2) is 0 Å². The van der Waals surface area contributed by atoms with Gasteiger partial charge < -0.3 is 10.1 Å². The van der Waals surface area contributed by atoms with Crippen molar-refractivity contribution < 1.29 is 19.1 Å². The highest BCUT2D eigenvalue weighted by Crippen LogP contribution is 2.34. The molecule has 4 rings (SSSR count). The van der Waals surface area contributed by atoms with Crippen molar-refractivity contribution >= 4 is 63.9 Å². The van der Waals surface area contributed by atoms with Gasteiger partial charge >= 0.3 is 0 Å². The van der Waals surface area contributed by atoms with Gasteiger partial charge in [-0.3, -0.25) is 19.3 Å². The third kappa shape index (κ3) is 6.28. The molecule has 3 aromatic carbocycles. The molecule has 6 nitrogen and oxygen atoms in total. The fourth-order valence-electron chi connectivity index (χ4n) is 3.32. The molecule has 3 amide bonds. The number of anilines is 1. The summed E-state index contributed by atoms with van der Waals surface area (Å²) in [6.07, 6.45) is 3.54. The van der Waals surface area contributed by atoms with Crippen LogP contribution in [0.1, 0.15) is 11.1 Å². The van der Waals surface area contributed by atoms with E-state index in [1.54, 1.807) is 42.1 Å². The molecule has 178 valence electrons. The summed E-state index contributed by atoms with van der Waals surface area (Å²) in [6, 6.07) is 21.9. The Morgan fingerprint density at radius 3 is 2.66 bits per heavy atom. The zero-order valence-corrected chi connectivity index (χ0v) is 21.1. The molecule has 1 fully saturated rings. The normalized spacial score (nSPS) is 14.5. The Hall–Kier alpha value is -3.20. The SMILES string of the molecule is CSc1cccc(NC(=O)CN2C(=O)S/C(=C/c3ccccc3OCc3ccccc3Cl)C2=O)c1. The predicted molar refractivity (Wildman–Crippen MR) is 142 cm³/mol. The largest absolute Gasteiger partial charge is 0.488 e. The van der Waals surface area contributed by atoms with Crippen molar-refractivity contribution in [3.05, 3.63) is 93.9 Å². The fourth-order valence-corrected chi connectivity index (χ4v) is 4.80. The van der Waals surface area contributed by atoms with Crippen LogP contribution < -0.4 is 10.1 Å². The van der Waals surface area contributed by atoms with Gasteiger partial charge in [0.1, 0.15) is 18.9 Å². The number of rotatable bonds is 8. The lowest BCUT2D eigenvalue weighted by molar-refractivity contribution is -0.127. The maximum atomic E-state index is 12.9. The number of thioether (sulfide) groups is 2. The Labute approximate surface area is 216 Å². The number of nitrogens with one attached hydrogen (secondary N) is 1. The first-order chi connectivity index (χ1) is 16.9. The van der Waals surface area contributed by atoms with Gasteiger partial charge in [0.2, 0.25) is 5.91 Å². The van der Waals surface area contributed by atoms with E-state index in [1.807, 2.05) is 54.8 Å². The van der Waals surface area contributed by atoms with Crippen LogP contribution in [-0.2, 0) is 16.2 Å². The molecule has 0 aliphatic carbocycles. The lowest BCUT2D eigenvalue weighted by Gasteiger charge is -2.13. The molecule has 35 heavy (non-hydrogen) atoms. The minimum atomic E-state index is -0.520. The minimum Gasteiger partial charge on any atom is -0.488 e. The molecule has 0 radical (unpaired) electrons. The van der Waals surface area contributed by atoms with E-state index in [4.69, 9.17) is 16.3 Å². The maximum Gasteiger partial charge on any atom is 0.294 e. The average Bonchev–Trinajstić information content (AvgIpc) is 3.11. The molecular formula is C26H21ClN2O4S2. The van der Waals surface area contributed by atoms with Gasteiger partial charge in [-0.1, -0.05) is 54.1 Å². The Morgan fingerprint density at radius 2 is 1.86 bits per heavy atom. The molecule has 0 atom stereocenters. The van der Waals surface area contributed by atoms with E-state index in [2.05, 4.69) is 5.32 Å². The van der Waals surface area contributed by atoms with Crippen LogP contribution >= 0.6 is 35.1 Å². The smallest absolute Gasteiger partial charge is 0.294 e. The molecule has 1 saturated heterocycles. The third-order valence-corrected chi connectivity index (χ3v) is 7.08. The molecule has 9 heteroatoms. The number of nitrogens with zero attached hydrogens (tertiary/aromatic N) is 1. The summed E-state index contributed by atoms with van der Waals surface area (Å²) in [4.78, 5) is 40.1. The van der Waals surface area contributed by atoms with Crippen molar-refractivity contribution in [1.82, 2.24) is 4.90 Å². The van der Waals surface area contributed by atoms with Crippen molar-refractivity contribution in [3.8, 4) is 5.75 Å². The molecule has 1 N–H and O–H groups in total. The number of amides is 3. The summed E-state index contributed by atoms with van der Waals surface area (Å²) in [5.41, 5.74) is 2.08. The number of benzene rings is 3. The summed E-state index contributed by atoms with van der Waals surface area (Å²) >= 11 is 8.56. The van der Waals surface area contributed by atoms with Crippen LogP contribution in [0.2, 0.25) is 5.02 Å². The maximum absolute atomic E-state index is 12.9. The van der Waals surface area contributed by atoms with Crippen molar-refractivity contribution in [2.24, 2.45) is 0 Å². The van der Waals surface area contributed by atoms with E-state index in [0.717, 1.165) is 27.1 Å². The van der Waals surface area contributed by atoms with Crippen LogP contribution in [0.25, 0.3) is 6.08 Å². The van der Waals surface area contributed by atoms with Crippen molar-refractivity contribution in [3.63, 3.8) is 0 Å². The monoisotopic (exact) mass is 524 g/mol. The molecular weight excluding hydrogens is 504 g/mol. The van der Waals surface area contributed by atoms with Gasteiger partial charge in [0, 0.05) is 26.7 Å². The summed E-state index contributed by atoms with van der Waals surface area (Å²) in [5.74, 6) is -0.421. The zero-order valence-electron chi connectivity index (χ0n) is 18.7. The number of ether oxygens (including phenoxy) is 1. The van der Waals surface area contributed by atoms with Crippen molar-refractivity contribution in [2.75, 3.05) is 18.1 Å². The van der Waals surface area contributed by atoms with Gasteiger partial charge in [0.05, 0.1) is 4.91 Å². The highest BCUT2D eigenvalue weighted by Gasteiger charge is 2.36. The quantitative estimate of drug-likeness (QED) is 0.274. The number of hydrogen-bond acceptors (Lipinski definition) is 6. The molecule has 1 aliphatic rings. The predicted octanol–water partition coefficient (Wildman–Crippen LogP) is 6.32. The van der Waals surface area contributed by atoms with Crippen molar-refractivity contribution in [1.29, 1.82) is 0 Å². The first kappa shape index (κ1) is 24.9.